The molecule has 0 radical (unpaired) electrons. The number of aliphatic hydroxyl groups excluding tert-OH is 1. The molecule has 3 amide bonds. The summed E-state index contributed by atoms with van der Waals surface area (Å²) in [7, 11) is 0. The third kappa shape index (κ3) is 10.0. The number of nitrogens with one attached hydrogen (secondary N) is 2. The summed E-state index contributed by atoms with van der Waals surface area (Å²) in [5.74, 6) is -1.06. The van der Waals surface area contributed by atoms with Crippen LogP contribution in [0.4, 0.5) is 4.79 Å². The summed E-state index contributed by atoms with van der Waals surface area (Å²) in [5.41, 5.74) is 0.400. The minimum atomic E-state index is -1.14. The van der Waals surface area contributed by atoms with E-state index in [2.05, 4.69) is 17.6 Å². The molecule has 2 rings (SSSR count). The first-order chi connectivity index (χ1) is 18.1. The summed E-state index contributed by atoms with van der Waals surface area (Å²) >= 11 is 0. The first-order valence-corrected chi connectivity index (χ1v) is 13.1. The second kappa shape index (κ2) is 15.0. The van der Waals surface area contributed by atoms with Crippen molar-refractivity contribution in [3.05, 3.63) is 65.7 Å². The van der Waals surface area contributed by atoms with Crippen molar-refractivity contribution in [3.63, 3.8) is 0 Å². The maximum Gasteiger partial charge on any atom is 0.408 e. The molecule has 0 aliphatic rings. The summed E-state index contributed by atoms with van der Waals surface area (Å²) in [4.78, 5) is 41.4. The van der Waals surface area contributed by atoms with E-state index in [9.17, 15) is 24.6 Å². The van der Waals surface area contributed by atoms with Gasteiger partial charge in [0.05, 0.1) is 6.61 Å². The zero-order valence-electron chi connectivity index (χ0n) is 22.8. The average Bonchev–Trinajstić information content (AvgIpc) is 2.85. The number of phenols is 1. The van der Waals surface area contributed by atoms with Crippen LogP contribution in [0.1, 0.15) is 64.1 Å². The Bertz CT molecular complexity index is 1040. The summed E-state index contributed by atoms with van der Waals surface area (Å²) in [6.07, 6.45) is 2.08. The van der Waals surface area contributed by atoms with Gasteiger partial charge in [-0.25, -0.2) is 4.79 Å². The molecule has 0 saturated heterocycles. The highest BCUT2D eigenvalue weighted by Crippen LogP contribution is 2.26. The van der Waals surface area contributed by atoms with Crippen molar-refractivity contribution in [1.82, 2.24) is 15.5 Å². The Morgan fingerprint density at radius 1 is 1.03 bits per heavy atom. The van der Waals surface area contributed by atoms with Crippen LogP contribution < -0.4 is 10.6 Å². The normalized spacial score (nSPS) is 12.8. The monoisotopic (exact) mass is 527 g/mol. The molecular formula is C29H41N3O6. The van der Waals surface area contributed by atoms with Crippen molar-refractivity contribution in [3.8, 4) is 5.75 Å². The molecule has 9 nitrogen and oxygen atoms in total. The number of phenolic OH excluding ortho intramolecular Hbond substituents is 1. The van der Waals surface area contributed by atoms with E-state index in [-0.39, 0.29) is 18.7 Å². The number of amides is 3. The van der Waals surface area contributed by atoms with Crippen molar-refractivity contribution >= 4 is 17.9 Å². The fourth-order valence-corrected chi connectivity index (χ4v) is 4.03. The van der Waals surface area contributed by atoms with Crippen molar-refractivity contribution in [1.29, 1.82) is 0 Å². The van der Waals surface area contributed by atoms with E-state index in [0.29, 0.717) is 12.1 Å². The summed E-state index contributed by atoms with van der Waals surface area (Å²) < 4.78 is 5.40. The number of aliphatic hydroxyl groups is 1. The Balaban J connectivity index is 2.45. The number of unbranched alkanes of at least 4 members (excludes halogenated alkanes) is 2. The van der Waals surface area contributed by atoms with Gasteiger partial charge in [-0.05, 0) is 50.5 Å². The molecule has 0 heterocycles. The van der Waals surface area contributed by atoms with Gasteiger partial charge in [0.2, 0.25) is 11.8 Å². The Labute approximate surface area is 225 Å². The van der Waals surface area contributed by atoms with Gasteiger partial charge >= 0.3 is 6.09 Å². The fraction of sp³-hybridized carbons (Fsp3) is 0.483. The number of benzene rings is 2. The first-order valence-electron chi connectivity index (χ1n) is 13.1. The molecule has 4 N–H and O–H groups in total. The SMILES string of the molecule is CCCCCNC(=O)C(c1cccc(O)c1)N(CCO)C(=O)C(Cc1ccccc1)NC(=O)OC(C)(C)C. The van der Waals surface area contributed by atoms with E-state index in [4.69, 9.17) is 4.74 Å². The number of rotatable bonds is 13. The molecule has 0 aliphatic heterocycles. The summed E-state index contributed by atoms with van der Waals surface area (Å²) in [6.45, 7) is 7.08. The molecular weight excluding hydrogens is 486 g/mol. The van der Waals surface area contributed by atoms with E-state index in [1.165, 1.54) is 17.0 Å². The predicted octanol–water partition coefficient (Wildman–Crippen LogP) is 3.70. The first kappa shape index (κ1) is 30.6. The van der Waals surface area contributed by atoms with Crippen molar-refractivity contribution in [2.24, 2.45) is 0 Å². The number of aromatic hydroxyl groups is 1. The van der Waals surface area contributed by atoms with E-state index in [0.717, 1.165) is 24.8 Å². The average molecular weight is 528 g/mol. The maximum atomic E-state index is 14.0. The lowest BCUT2D eigenvalue weighted by Crippen LogP contribution is -2.54. The van der Waals surface area contributed by atoms with Gasteiger partial charge < -0.3 is 30.5 Å². The van der Waals surface area contributed by atoms with Gasteiger partial charge in [-0.2, -0.15) is 0 Å². The predicted molar refractivity (Wildman–Crippen MR) is 145 cm³/mol. The summed E-state index contributed by atoms with van der Waals surface area (Å²) in [5, 5.41) is 25.5. The standard InChI is InChI=1S/C29H41N3O6/c1-5-6-10-16-30-26(35)25(22-14-11-15-23(34)20-22)32(17-18-33)27(36)24(19-21-12-8-7-9-13-21)31-28(37)38-29(2,3)4/h7-9,11-15,20,24-25,33-34H,5-6,10,16-19H2,1-4H3,(H,30,35)(H,31,37). The summed E-state index contributed by atoms with van der Waals surface area (Å²) in [6, 6.07) is 13.1. The lowest BCUT2D eigenvalue weighted by atomic mass is 10.00. The Morgan fingerprint density at radius 2 is 1.74 bits per heavy atom. The zero-order chi connectivity index (χ0) is 28.1. The van der Waals surface area contributed by atoms with Crippen LogP contribution in [-0.4, -0.2) is 64.4 Å². The zero-order valence-corrected chi connectivity index (χ0v) is 22.8. The second-order valence-corrected chi connectivity index (χ2v) is 10.1. The number of hydrogen-bond acceptors (Lipinski definition) is 6. The maximum absolute atomic E-state index is 14.0. The molecule has 0 spiro atoms. The van der Waals surface area contributed by atoms with Crippen molar-refractivity contribution in [2.45, 2.75) is 71.1 Å². The molecule has 9 heteroatoms. The number of hydrogen-bond donors (Lipinski definition) is 4. The van der Waals surface area contributed by atoms with Crippen LogP contribution in [0.15, 0.2) is 54.6 Å². The van der Waals surface area contributed by atoms with Gasteiger partial charge in [0.1, 0.15) is 23.4 Å². The van der Waals surface area contributed by atoms with Crippen molar-refractivity contribution < 1.29 is 29.3 Å². The van der Waals surface area contributed by atoms with Crippen LogP contribution >= 0.6 is 0 Å². The van der Waals surface area contributed by atoms with E-state index >= 15 is 0 Å². The molecule has 0 bridgehead atoms. The molecule has 2 unspecified atom stereocenters. The highest BCUT2D eigenvalue weighted by molar-refractivity contribution is 5.92. The van der Waals surface area contributed by atoms with Gasteiger partial charge in [-0.15, -0.1) is 0 Å². The largest absolute Gasteiger partial charge is 0.508 e. The molecule has 2 aromatic carbocycles. The number of carbonyl (C=O) groups is 3. The molecule has 0 aromatic heterocycles. The Hall–Kier alpha value is -3.59. The van der Waals surface area contributed by atoms with Crippen LogP contribution in [0.5, 0.6) is 5.75 Å². The molecule has 2 atom stereocenters. The third-order valence-electron chi connectivity index (χ3n) is 5.72. The van der Waals surface area contributed by atoms with Gasteiger partial charge in [0.25, 0.3) is 0 Å². The van der Waals surface area contributed by atoms with Crippen LogP contribution in [0, 0.1) is 0 Å². The molecule has 0 fully saturated rings. The van der Waals surface area contributed by atoms with Crippen LogP contribution in [0.25, 0.3) is 0 Å². The van der Waals surface area contributed by atoms with Gasteiger partial charge in [0.15, 0.2) is 0 Å². The lowest BCUT2D eigenvalue weighted by Gasteiger charge is -2.34. The quantitative estimate of drug-likeness (QED) is 0.294. The highest BCUT2D eigenvalue weighted by Gasteiger charge is 2.36. The van der Waals surface area contributed by atoms with Crippen LogP contribution in [0.3, 0.4) is 0 Å². The highest BCUT2D eigenvalue weighted by atomic mass is 16.6. The minimum Gasteiger partial charge on any atom is -0.508 e. The number of carbonyl (C=O) groups excluding carboxylic acids is 3. The number of ether oxygens (including phenoxy) is 1. The topological polar surface area (TPSA) is 128 Å². The molecule has 0 saturated carbocycles. The van der Waals surface area contributed by atoms with Crippen molar-refractivity contribution in [2.75, 3.05) is 19.7 Å². The van der Waals surface area contributed by atoms with Crippen LogP contribution in [-0.2, 0) is 20.7 Å². The number of alkyl carbamates (subject to hydrolysis) is 1. The molecule has 2 aromatic rings. The number of nitrogens with zero attached hydrogens (tertiary/aromatic N) is 1. The fourth-order valence-electron chi connectivity index (χ4n) is 4.03. The Kier molecular flexibility index (Phi) is 12.1. The smallest absolute Gasteiger partial charge is 0.408 e. The van der Waals surface area contributed by atoms with E-state index < -0.39 is 42.2 Å². The van der Waals surface area contributed by atoms with E-state index in [1.807, 2.05) is 30.3 Å². The minimum absolute atomic E-state index is 0.0598. The molecule has 208 valence electrons. The Morgan fingerprint density at radius 3 is 2.34 bits per heavy atom. The van der Waals surface area contributed by atoms with Gasteiger partial charge in [-0.1, -0.05) is 62.2 Å². The van der Waals surface area contributed by atoms with E-state index in [1.54, 1.807) is 32.9 Å². The molecule has 0 aliphatic carbocycles. The second-order valence-electron chi connectivity index (χ2n) is 10.1. The van der Waals surface area contributed by atoms with Gasteiger partial charge in [-0.3, -0.25) is 9.59 Å². The third-order valence-corrected chi connectivity index (χ3v) is 5.72. The lowest BCUT2D eigenvalue weighted by molar-refractivity contribution is -0.143. The van der Waals surface area contributed by atoms with Gasteiger partial charge in [0, 0.05) is 19.5 Å². The van der Waals surface area contributed by atoms with Crippen LogP contribution in [0.2, 0.25) is 0 Å². The molecule has 38 heavy (non-hydrogen) atoms.